The van der Waals surface area contributed by atoms with Crippen molar-refractivity contribution in [3.63, 3.8) is 0 Å². The fraction of sp³-hybridized carbons (Fsp3) is 0.357. The minimum Gasteiger partial charge on any atom is -0.495 e. The number of methoxy groups -OCH3 is 1. The van der Waals surface area contributed by atoms with Gasteiger partial charge in [-0.25, -0.2) is 13.4 Å². The minimum absolute atomic E-state index is 0. The maximum absolute atomic E-state index is 13.2. The van der Waals surface area contributed by atoms with Crippen molar-refractivity contribution in [3.8, 4) is 17.0 Å². The van der Waals surface area contributed by atoms with E-state index in [1.807, 2.05) is 25.1 Å². The second-order valence-corrected chi connectivity index (χ2v) is 11.9. The number of nitrogens with zero attached hydrogens (tertiary/aromatic N) is 2. The summed E-state index contributed by atoms with van der Waals surface area (Å²) in [7, 11) is -1.97. The lowest BCUT2D eigenvalue weighted by Crippen LogP contribution is -2.35. The Kier molecular flexibility index (Phi) is 7.00. The van der Waals surface area contributed by atoms with Crippen LogP contribution in [0.15, 0.2) is 65.6 Å². The molecular weight excluding hydrogens is 510 g/mol. The smallest absolute Gasteiger partial charge is 0.243 e. The maximum Gasteiger partial charge on any atom is 0.243 e. The van der Waals surface area contributed by atoms with Crippen LogP contribution in [-0.4, -0.2) is 43.3 Å². The van der Waals surface area contributed by atoms with Crippen molar-refractivity contribution < 1.29 is 19.4 Å². The van der Waals surface area contributed by atoms with E-state index in [0.717, 1.165) is 43.2 Å². The summed E-state index contributed by atoms with van der Waals surface area (Å²) in [5, 5.41) is 3.43. The predicted octanol–water partition coefficient (Wildman–Crippen LogP) is 5.89. The summed E-state index contributed by atoms with van der Waals surface area (Å²) >= 11 is 6.30. The Bertz CT molecular complexity index is 1430. The number of hydrogen-bond acceptors (Lipinski definition) is 5. The lowest BCUT2D eigenvalue weighted by Gasteiger charge is -2.23. The zero-order valence-corrected chi connectivity index (χ0v) is 22.5. The van der Waals surface area contributed by atoms with Gasteiger partial charge in [0, 0.05) is 19.6 Å². The van der Waals surface area contributed by atoms with E-state index in [4.69, 9.17) is 16.3 Å². The fourth-order valence-corrected chi connectivity index (χ4v) is 7.13. The van der Waals surface area contributed by atoms with E-state index >= 15 is 0 Å². The molecule has 1 atom stereocenters. The highest BCUT2D eigenvalue weighted by molar-refractivity contribution is 7.89. The van der Waals surface area contributed by atoms with Gasteiger partial charge in [0.15, 0.2) is 0 Å². The van der Waals surface area contributed by atoms with Gasteiger partial charge in [-0.2, -0.15) is 4.31 Å². The normalized spacial score (nSPS) is 18.9. The fourth-order valence-electron chi connectivity index (χ4n) is 5.10. The summed E-state index contributed by atoms with van der Waals surface area (Å²) < 4.78 is 33.1. The Morgan fingerprint density at radius 2 is 1.95 bits per heavy atom. The molecule has 0 spiro atoms. The van der Waals surface area contributed by atoms with Crippen molar-refractivity contribution in [1.82, 2.24) is 9.29 Å². The number of benzene rings is 2. The molecule has 1 aliphatic carbocycles. The lowest BCUT2D eigenvalue weighted by molar-refractivity contribution is -0.118. The number of sulfonamides is 1. The van der Waals surface area contributed by atoms with Crippen LogP contribution in [0.5, 0.6) is 5.75 Å². The van der Waals surface area contributed by atoms with Crippen LogP contribution in [0.1, 0.15) is 46.0 Å². The number of carbonyl (C=O) groups is 1. The number of rotatable bonds is 8. The molecule has 1 aliphatic heterocycles. The van der Waals surface area contributed by atoms with Gasteiger partial charge in [-0.1, -0.05) is 42.8 Å². The van der Waals surface area contributed by atoms with Crippen LogP contribution in [0, 0.1) is 0 Å². The molecule has 0 radical (unpaired) electrons. The average Bonchev–Trinajstić information content (AvgIpc) is 3.58. The molecule has 3 aromatic rings. The highest BCUT2D eigenvalue weighted by Gasteiger charge is 2.51. The lowest BCUT2D eigenvalue weighted by atomic mass is 9.95. The first-order chi connectivity index (χ1) is 17.8. The molecule has 1 aromatic heterocycles. The highest BCUT2D eigenvalue weighted by Crippen LogP contribution is 2.50. The van der Waals surface area contributed by atoms with Crippen molar-refractivity contribution in [2.75, 3.05) is 19.0 Å². The maximum atomic E-state index is 13.2. The molecule has 1 N–H and O–H groups in total. The van der Waals surface area contributed by atoms with Crippen LogP contribution in [0.4, 0.5) is 5.82 Å². The van der Waals surface area contributed by atoms with Crippen LogP contribution in [-0.2, 0) is 20.2 Å². The van der Waals surface area contributed by atoms with Gasteiger partial charge in [-0.05, 0) is 74.1 Å². The SMILES string of the molecule is CC[C@H]1CCCN1S(=O)(=O)c1ccc(-c2cccc(NC(=O)C3(c4ccc(OC)c(Cl)c4)CC3)n2)cc1.[HH]. The number of amides is 1. The number of ether oxygens (including phenoxy) is 1. The summed E-state index contributed by atoms with van der Waals surface area (Å²) in [6.45, 7) is 2.59. The standard InChI is InChI=1S/C28H30ClN3O4S.H2/c1-3-21-6-5-17-32(21)37(34,35)22-12-9-19(10-13-22)24-7-4-8-26(30-24)31-27(33)28(15-16-28)20-11-14-25(36-2)23(29)18-20;/h4,7-14,18,21H,3,5-6,15-17H2,1-2H3,(H,30,31,33);1H/t21-;/m0./s1. The van der Waals surface area contributed by atoms with Crippen LogP contribution >= 0.6 is 11.6 Å². The van der Waals surface area contributed by atoms with Crippen LogP contribution < -0.4 is 10.1 Å². The van der Waals surface area contributed by atoms with Gasteiger partial charge in [-0.3, -0.25) is 4.79 Å². The van der Waals surface area contributed by atoms with Crippen LogP contribution in [0.25, 0.3) is 11.3 Å². The Morgan fingerprint density at radius 1 is 1.19 bits per heavy atom. The van der Waals surface area contributed by atoms with Gasteiger partial charge in [0.05, 0.1) is 28.1 Å². The van der Waals surface area contributed by atoms with Crippen molar-refractivity contribution in [1.29, 1.82) is 0 Å². The summed E-state index contributed by atoms with van der Waals surface area (Å²) in [5.74, 6) is 0.879. The first-order valence-electron chi connectivity index (χ1n) is 12.5. The Labute approximate surface area is 224 Å². The van der Waals surface area contributed by atoms with Crippen LogP contribution in [0.3, 0.4) is 0 Å². The number of pyridine rings is 1. The second kappa shape index (κ2) is 10.1. The second-order valence-electron chi connectivity index (χ2n) is 9.64. The summed E-state index contributed by atoms with van der Waals surface area (Å²) in [5.41, 5.74) is 1.64. The molecule has 5 rings (SSSR count). The van der Waals surface area contributed by atoms with E-state index in [1.54, 1.807) is 53.9 Å². The molecule has 1 amide bonds. The highest BCUT2D eigenvalue weighted by atomic mass is 35.5. The first-order valence-corrected chi connectivity index (χ1v) is 14.3. The summed E-state index contributed by atoms with van der Waals surface area (Å²) in [4.78, 5) is 18.2. The molecule has 9 heteroatoms. The molecule has 37 heavy (non-hydrogen) atoms. The van der Waals surface area contributed by atoms with Gasteiger partial charge in [-0.15, -0.1) is 0 Å². The van der Waals surface area contributed by atoms with E-state index < -0.39 is 15.4 Å². The van der Waals surface area contributed by atoms with Crippen LogP contribution in [0.2, 0.25) is 5.02 Å². The number of hydrogen-bond donors (Lipinski definition) is 1. The van der Waals surface area contributed by atoms with Crippen molar-refractivity contribution >= 4 is 33.3 Å². The van der Waals surface area contributed by atoms with Crippen molar-refractivity contribution in [2.45, 2.75) is 55.4 Å². The molecule has 196 valence electrons. The van der Waals surface area contributed by atoms with Gasteiger partial charge in [0.1, 0.15) is 11.6 Å². The number of nitrogens with one attached hydrogen (secondary N) is 1. The number of carbonyl (C=O) groups excluding carboxylic acids is 1. The van der Waals surface area contributed by atoms with E-state index in [9.17, 15) is 13.2 Å². The molecule has 0 unspecified atom stereocenters. The zero-order valence-electron chi connectivity index (χ0n) is 20.9. The third-order valence-corrected chi connectivity index (χ3v) is 9.69. The molecule has 7 nitrogen and oxygen atoms in total. The van der Waals surface area contributed by atoms with Gasteiger partial charge < -0.3 is 10.1 Å². The number of aromatic nitrogens is 1. The van der Waals surface area contributed by atoms with Crippen molar-refractivity contribution in [2.24, 2.45) is 0 Å². The van der Waals surface area contributed by atoms with Gasteiger partial charge in [0.25, 0.3) is 0 Å². The third-order valence-electron chi connectivity index (χ3n) is 7.43. The Hall–Kier alpha value is -2.94. The molecule has 2 aliphatic rings. The largest absolute Gasteiger partial charge is 0.495 e. The Balaban J connectivity index is 0.00000336. The van der Waals surface area contributed by atoms with E-state index in [0.29, 0.717) is 28.8 Å². The first kappa shape index (κ1) is 25.7. The third kappa shape index (κ3) is 4.85. The zero-order chi connectivity index (χ0) is 26.2. The molecule has 2 heterocycles. The molecular formula is C28H32ClN3O4S. The number of halogens is 1. The molecule has 2 aromatic carbocycles. The van der Waals surface area contributed by atoms with Crippen molar-refractivity contribution in [3.05, 3.63) is 71.2 Å². The minimum atomic E-state index is -3.53. The molecule has 0 bridgehead atoms. The topological polar surface area (TPSA) is 88.6 Å². The quantitative estimate of drug-likeness (QED) is 0.384. The number of anilines is 1. The van der Waals surface area contributed by atoms with Gasteiger partial charge in [0.2, 0.25) is 15.9 Å². The van der Waals surface area contributed by atoms with E-state index in [1.165, 1.54) is 0 Å². The Morgan fingerprint density at radius 3 is 2.59 bits per heavy atom. The molecule has 1 saturated heterocycles. The predicted molar refractivity (Wildman–Crippen MR) is 147 cm³/mol. The summed E-state index contributed by atoms with van der Waals surface area (Å²) in [6.07, 6.45) is 4.07. The summed E-state index contributed by atoms with van der Waals surface area (Å²) in [6, 6.07) is 17.7. The van der Waals surface area contributed by atoms with Gasteiger partial charge >= 0.3 is 0 Å². The molecule has 1 saturated carbocycles. The average molecular weight is 542 g/mol. The van der Waals surface area contributed by atoms with E-state index in [-0.39, 0.29) is 18.3 Å². The van der Waals surface area contributed by atoms with E-state index in [2.05, 4.69) is 10.3 Å². The monoisotopic (exact) mass is 541 g/mol. The molecule has 2 fully saturated rings.